The molecule has 0 radical (unpaired) electrons. The van der Waals surface area contributed by atoms with Gasteiger partial charge in [-0.15, -0.1) is 0 Å². The first-order chi connectivity index (χ1) is 7.52. The molecule has 0 aliphatic carbocycles. The zero-order valence-electron chi connectivity index (χ0n) is 9.86. The zero-order valence-corrected chi connectivity index (χ0v) is 9.86. The first-order valence-corrected chi connectivity index (χ1v) is 5.02. The van der Waals surface area contributed by atoms with Crippen LogP contribution in [0.2, 0.25) is 0 Å². The van der Waals surface area contributed by atoms with Crippen molar-refractivity contribution in [3.63, 3.8) is 0 Å². The van der Waals surface area contributed by atoms with Crippen LogP contribution >= 0.6 is 0 Å². The monoisotopic (exact) mass is 234 g/mol. The van der Waals surface area contributed by atoms with E-state index in [1.54, 1.807) is 6.92 Å². The van der Waals surface area contributed by atoms with Crippen molar-refractivity contribution in [2.75, 3.05) is 26.4 Å². The molecule has 0 N–H and O–H groups in total. The summed E-state index contributed by atoms with van der Waals surface area (Å²) in [5.41, 5.74) is 0. The first kappa shape index (κ1) is 14.9. The molecule has 0 aromatic heterocycles. The molecule has 6 heteroatoms. The van der Waals surface area contributed by atoms with Crippen LogP contribution < -0.4 is 0 Å². The number of carbonyl (C=O) groups is 2. The maximum Gasteiger partial charge on any atom is 0.302 e. The van der Waals surface area contributed by atoms with Crippen LogP contribution in [0.3, 0.4) is 0 Å². The minimum atomic E-state index is -0.425. The van der Waals surface area contributed by atoms with E-state index in [-0.39, 0.29) is 38.4 Å². The Balaban J connectivity index is 3.27. The summed E-state index contributed by atoms with van der Waals surface area (Å²) in [7, 11) is 0. The lowest BCUT2D eigenvalue weighted by Crippen LogP contribution is -2.19. The fourth-order valence-electron chi connectivity index (χ4n) is 0.847. The van der Waals surface area contributed by atoms with Gasteiger partial charge in [-0.25, -0.2) is 0 Å². The standard InChI is InChI=1S/C10H18O6/c1-8(11)13-4-6-15-10(3)16-7-5-14-9(2)12/h10H,4-7H2,1-3H3. The van der Waals surface area contributed by atoms with E-state index >= 15 is 0 Å². The Morgan fingerprint density at radius 3 is 1.56 bits per heavy atom. The van der Waals surface area contributed by atoms with Crippen LogP contribution in [0.5, 0.6) is 0 Å². The highest BCUT2D eigenvalue weighted by Crippen LogP contribution is 1.93. The largest absolute Gasteiger partial charge is 0.463 e. The van der Waals surface area contributed by atoms with Crippen LogP contribution in [-0.4, -0.2) is 44.7 Å². The smallest absolute Gasteiger partial charge is 0.302 e. The van der Waals surface area contributed by atoms with E-state index in [4.69, 9.17) is 9.47 Å². The van der Waals surface area contributed by atoms with Crippen LogP contribution in [0.15, 0.2) is 0 Å². The van der Waals surface area contributed by atoms with Gasteiger partial charge in [0.2, 0.25) is 0 Å². The van der Waals surface area contributed by atoms with E-state index in [0.29, 0.717) is 0 Å². The van der Waals surface area contributed by atoms with Crippen molar-refractivity contribution in [1.82, 2.24) is 0 Å². The highest BCUT2D eigenvalue weighted by Gasteiger charge is 2.02. The quantitative estimate of drug-likeness (QED) is 0.346. The van der Waals surface area contributed by atoms with Crippen molar-refractivity contribution >= 4 is 11.9 Å². The maximum absolute atomic E-state index is 10.4. The topological polar surface area (TPSA) is 71.1 Å². The van der Waals surface area contributed by atoms with Crippen molar-refractivity contribution < 1.29 is 28.5 Å². The second-order valence-corrected chi connectivity index (χ2v) is 2.99. The molecule has 0 unspecified atom stereocenters. The Labute approximate surface area is 94.8 Å². The molecular weight excluding hydrogens is 216 g/mol. The summed E-state index contributed by atoms with van der Waals surface area (Å²) in [4.78, 5) is 20.8. The van der Waals surface area contributed by atoms with Gasteiger partial charge in [-0.2, -0.15) is 0 Å². The normalized spacial score (nSPS) is 10.2. The van der Waals surface area contributed by atoms with Gasteiger partial charge in [-0.05, 0) is 6.92 Å². The number of esters is 2. The number of ether oxygens (including phenoxy) is 4. The van der Waals surface area contributed by atoms with E-state index in [0.717, 1.165) is 0 Å². The summed E-state index contributed by atoms with van der Waals surface area (Å²) in [6, 6.07) is 0. The van der Waals surface area contributed by atoms with Crippen LogP contribution in [-0.2, 0) is 28.5 Å². The molecular formula is C10H18O6. The summed E-state index contributed by atoms with van der Waals surface area (Å²) < 4.78 is 19.6. The first-order valence-electron chi connectivity index (χ1n) is 5.02. The summed E-state index contributed by atoms with van der Waals surface area (Å²) in [5.74, 6) is -0.681. The maximum atomic E-state index is 10.4. The predicted molar refractivity (Wildman–Crippen MR) is 54.6 cm³/mol. The molecule has 0 atom stereocenters. The van der Waals surface area contributed by atoms with Crippen molar-refractivity contribution in [3.8, 4) is 0 Å². The molecule has 0 saturated carbocycles. The third-order valence-electron chi connectivity index (χ3n) is 1.48. The third kappa shape index (κ3) is 10.9. The van der Waals surface area contributed by atoms with Crippen LogP contribution in [0, 0.1) is 0 Å². The summed E-state index contributed by atoms with van der Waals surface area (Å²) >= 11 is 0. The zero-order chi connectivity index (χ0) is 12.4. The number of rotatable bonds is 8. The number of carbonyl (C=O) groups excluding carboxylic acids is 2. The fraction of sp³-hybridized carbons (Fsp3) is 0.800. The lowest BCUT2D eigenvalue weighted by atomic mass is 10.6. The van der Waals surface area contributed by atoms with Crippen molar-refractivity contribution in [2.24, 2.45) is 0 Å². The molecule has 0 heterocycles. The van der Waals surface area contributed by atoms with Gasteiger partial charge in [0.1, 0.15) is 13.2 Å². The predicted octanol–water partition coefficient (Wildman–Crippen LogP) is 0.492. The second kappa shape index (κ2) is 9.11. The highest BCUT2D eigenvalue weighted by molar-refractivity contribution is 5.66. The molecule has 0 saturated heterocycles. The van der Waals surface area contributed by atoms with Gasteiger partial charge in [0, 0.05) is 13.8 Å². The summed E-state index contributed by atoms with van der Waals surface area (Å²) in [6.45, 7) is 5.32. The van der Waals surface area contributed by atoms with Gasteiger partial charge in [-0.3, -0.25) is 9.59 Å². The molecule has 0 amide bonds. The summed E-state index contributed by atoms with van der Waals surface area (Å²) in [5, 5.41) is 0. The van der Waals surface area contributed by atoms with Gasteiger partial charge >= 0.3 is 11.9 Å². The third-order valence-corrected chi connectivity index (χ3v) is 1.48. The highest BCUT2D eigenvalue weighted by atomic mass is 16.7. The van der Waals surface area contributed by atoms with Crippen molar-refractivity contribution in [3.05, 3.63) is 0 Å². The van der Waals surface area contributed by atoms with E-state index in [2.05, 4.69) is 9.47 Å². The summed E-state index contributed by atoms with van der Waals surface area (Å²) in [6.07, 6.45) is -0.425. The molecule has 0 spiro atoms. The molecule has 94 valence electrons. The Morgan fingerprint density at radius 1 is 0.875 bits per heavy atom. The van der Waals surface area contributed by atoms with Gasteiger partial charge in [0.05, 0.1) is 13.2 Å². The minimum Gasteiger partial charge on any atom is -0.463 e. The van der Waals surface area contributed by atoms with E-state index in [1.807, 2.05) is 0 Å². The van der Waals surface area contributed by atoms with Gasteiger partial charge < -0.3 is 18.9 Å². The van der Waals surface area contributed by atoms with Gasteiger partial charge in [0.25, 0.3) is 0 Å². The van der Waals surface area contributed by atoms with Gasteiger partial charge in [-0.1, -0.05) is 0 Å². The van der Waals surface area contributed by atoms with Crippen molar-refractivity contribution in [1.29, 1.82) is 0 Å². The lowest BCUT2D eigenvalue weighted by Gasteiger charge is -2.13. The Kier molecular flexibility index (Phi) is 8.46. The van der Waals surface area contributed by atoms with E-state index < -0.39 is 6.29 Å². The van der Waals surface area contributed by atoms with E-state index in [1.165, 1.54) is 13.8 Å². The Bertz CT molecular complexity index is 193. The molecule has 0 bridgehead atoms. The average molecular weight is 234 g/mol. The lowest BCUT2D eigenvalue weighted by molar-refractivity contribution is -0.162. The molecule has 6 nitrogen and oxygen atoms in total. The molecule has 0 aliphatic heterocycles. The molecule has 0 aromatic rings. The average Bonchev–Trinajstić information content (AvgIpc) is 2.19. The van der Waals surface area contributed by atoms with Crippen LogP contribution in [0.4, 0.5) is 0 Å². The minimum absolute atomic E-state index is 0.201. The number of hydrogen-bond acceptors (Lipinski definition) is 6. The molecule has 0 aromatic carbocycles. The van der Waals surface area contributed by atoms with Crippen LogP contribution in [0.1, 0.15) is 20.8 Å². The fourth-order valence-corrected chi connectivity index (χ4v) is 0.847. The molecule has 0 fully saturated rings. The van der Waals surface area contributed by atoms with Gasteiger partial charge in [0.15, 0.2) is 6.29 Å². The Hall–Kier alpha value is -1.14. The number of hydrogen-bond donors (Lipinski definition) is 0. The second-order valence-electron chi connectivity index (χ2n) is 2.99. The van der Waals surface area contributed by atoms with E-state index in [9.17, 15) is 9.59 Å². The molecule has 0 aliphatic rings. The molecule has 0 rings (SSSR count). The van der Waals surface area contributed by atoms with Crippen molar-refractivity contribution in [2.45, 2.75) is 27.1 Å². The molecule has 16 heavy (non-hydrogen) atoms. The Morgan fingerprint density at radius 2 is 1.25 bits per heavy atom. The SMILES string of the molecule is CC(=O)OCCOC(C)OCCOC(C)=O. The van der Waals surface area contributed by atoms with Crippen LogP contribution in [0.25, 0.3) is 0 Å².